The zero-order valence-corrected chi connectivity index (χ0v) is 12.3. The molecule has 3 aromatic heterocycles. The van der Waals surface area contributed by atoms with Crippen molar-refractivity contribution in [2.24, 2.45) is 0 Å². The van der Waals surface area contributed by atoms with Crippen molar-refractivity contribution in [3.05, 3.63) is 54.6 Å². The number of nitrogens with one attached hydrogen (secondary N) is 2. The summed E-state index contributed by atoms with van der Waals surface area (Å²) in [6.07, 6.45) is 4.53. The monoisotopic (exact) mass is 321 g/mol. The number of amides is 1. The second kappa shape index (κ2) is 5.88. The van der Waals surface area contributed by atoms with Gasteiger partial charge in [-0.05, 0) is 12.1 Å². The van der Waals surface area contributed by atoms with Gasteiger partial charge in [-0.2, -0.15) is 4.98 Å². The lowest BCUT2D eigenvalue weighted by molar-refractivity contribution is 0.0906. The van der Waals surface area contributed by atoms with Crippen molar-refractivity contribution in [2.45, 2.75) is 6.54 Å². The smallest absolute Gasteiger partial charge is 0.316 e. The molecular weight excluding hydrogens is 310 g/mol. The highest BCUT2D eigenvalue weighted by molar-refractivity contribution is 5.89. The average molecular weight is 321 g/mol. The van der Waals surface area contributed by atoms with Gasteiger partial charge in [-0.3, -0.25) is 9.78 Å². The van der Waals surface area contributed by atoms with Crippen LogP contribution in [0.1, 0.15) is 16.5 Å². The molecule has 9 heteroatoms. The molecule has 0 aliphatic heterocycles. The van der Waals surface area contributed by atoms with Gasteiger partial charge in [-0.15, -0.1) is 0 Å². The number of benzene rings is 1. The van der Waals surface area contributed by atoms with Crippen molar-refractivity contribution < 1.29 is 9.32 Å². The fourth-order valence-electron chi connectivity index (χ4n) is 2.16. The Balaban J connectivity index is 1.45. The van der Waals surface area contributed by atoms with Crippen LogP contribution in [0.2, 0.25) is 0 Å². The molecule has 0 fully saturated rings. The van der Waals surface area contributed by atoms with Crippen LogP contribution in [0, 0.1) is 0 Å². The minimum atomic E-state index is -0.488. The summed E-state index contributed by atoms with van der Waals surface area (Å²) in [5.41, 5.74) is 2.17. The molecule has 0 unspecified atom stereocenters. The number of aromatic amines is 1. The SMILES string of the molecule is O=C(NCc1nc2ccccc2[nH]1)c1nc(-c2cnccn2)no1. The summed E-state index contributed by atoms with van der Waals surface area (Å²) in [6, 6.07) is 7.62. The third-order valence-electron chi connectivity index (χ3n) is 3.27. The molecule has 0 aliphatic carbocycles. The van der Waals surface area contributed by atoms with Gasteiger partial charge in [0.05, 0.1) is 23.8 Å². The first-order chi connectivity index (χ1) is 11.8. The maximum absolute atomic E-state index is 12.1. The normalized spacial score (nSPS) is 10.8. The quantitative estimate of drug-likeness (QED) is 0.581. The Hall–Kier alpha value is -3.62. The first-order valence-electron chi connectivity index (χ1n) is 7.11. The van der Waals surface area contributed by atoms with Crippen molar-refractivity contribution in [3.8, 4) is 11.5 Å². The van der Waals surface area contributed by atoms with E-state index in [1.165, 1.54) is 18.6 Å². The molecule has 118 valence electrons. The molecule has 0 atom stereocenters. The van der Waals surface area contributed by atoms with Crippen molar-refractivity contribution >= 4 is 16.9 Å². The van der Waals surface area contributed by atoms with Gasteiger partial charge in [0, 0.05) is 12.4 Å². The predicted octanol–water partition coefficient (Wildman–Crippen LogP) is 1.33. The molecule has 0 radical (unpaired) electrons. The zero-order chi connectivity index (χ0) is 16.4. The summed E-state index contributed by atoms with van der Waals surface area (Å²) in [5.74, 6) is 0.208. The first kappa shape index (κ1) is 14.0. The van der Waals surface area contributed by atoms with Gasteiger partial charge in [0.1, 0.15) is 11.5 Å². The number of para-hydroxylation sites is 2. The number of hydrogen-bond donors (Lipinski definition) is 2. The van der Waals surface area contributed by atoms with E-state index < -0.39 is 5.91 Å². The third-order valence-corrected chi connectivity index (χ3v) is 3.27. The van der Waals surface area contributed by atoms with E-state index in [1.807, 2.05) is 24.3 Å². The number of imidazole rings is 1. The van der Waals surface area contributed by atoms with Crippen LogP contribution in [0.25, 0.3) is 22.6 Å². The third kappa shape index (κ3) is 2.70. The number of fused-ring (bicyclic) bond motifs is 1. The molecule has 1 amide bonds. The van der Waals surface area contributed by atoms with Gasteiger partial charge in [-0.1, -0.05) is 17.3 Å². The fourth-order valence-corrected chi connectivity index (χ4v) is 2.16. The van der Waals surface area contributed by atoms with Crippen LogP contribution in [-0.2, 0) is 6.54 Å². The molecule has 2 N–H and O–H groups in total. The Morgan fingerprint density at radius 3 is 2.96 bits per heavy atom. The van der Waals surface area contributed by atoms with Crippen molar-refractivity contribution in [2.75, 3.05) is 0 Å². The highest BCUT2D eigenvalue weighted by Gasteiger charge is 2.17. The number of hydrogen-bond acceptors (Lipinski definition) is 7. The fraction of sp³-hybridized carbons (Fsp3) is 0.0667. The maximum atomic E-state index is 12.1. The van der Waals surface area contributed by atoms with Crippen molar-refractivity contribution in [1.29, 1.82) is 0 Å². The first-order valence-corrected chi connectivity index (χ1v) is 7.11. The summed E-state index contributed by atoms with van der Waals surface area (Å²) in [5, 5.41) is 6.40. The van der Waals surface area contributed by atoms with E-state index >= 15 is 0 Å². The second-order valence-corrected chi connectivity index (χ2v) is 4.90. The van der Waals surface area contributed by atoms with Crippen molar-refractivity contribution in [1.82, 2.24) is 35.4 Å². The van der Waals surface area contributed by atoms with Gasteiger partial charge in [0.25, 0.3) is 0 Å². The van der Waals surface area contributed by atoms with Gasteiger partial charge >= 0.3 is 11.8 Å². The summed E-state index contributed by atoms with van der Waals surface area (Å²) in [7, 11) is 0. The summed E-state index contributed by atoms with van der Waals surface area (Å²) < 4.78 is 4.96. The second-order valence-electron chi connectivity index (χ2n) is 4.90. The molecule has 1 aromatic carbocycles. The van der Waals surface area contributed by atoms with E-state index in [2.05, 4.69) is 35.4 Å². The van der Waals surface area contributed by atoms with E-state index in [0.29, 0.717) is 11.5 Å². The van der Waals surface area contributed by atoms with E-state index in [9.17, 15) is 4.79 Å². The molecule has 0 saturated heterocycles. The lowest BCUT2D eigenvalue weighted by Gasteiger charge is -1.97. The molecule has 3 heterocycles. The van der Waals surface area contributed by atoms with Crippen LogP contribution >= 0.6 is 0 Å². The number of aromatic nitrogens is 6. The lowest BCUT2D eigenvalue weighted by Crippen LogP contribution is -2.23. The number of H-pyrrole nitrogens is 1. The summed E-state index contributed by atoms with van der Waals surface area (Å²) in [6.45, 7) is 0.219. The Morgan fingerprint density at radius 1 is 1.21 bits per heavy atom. The predicted molar refractivity (Wildman–Crippen MR) is 82.6 cm³/mol. The van der Waals surface area contributed by atoms with E-state index in [4.69, 9.17) is 4.52 Å². The number of carbonyl (C=O) groups is 1. The number of nitrogens with zero attached hydrogens (tertiary/aromatic N) is 5. The van der Waals surface area contributed by atoms with E-state index in [-0.39, 0.29) is 18.3 Å². The van der Waals surface area contributed by atoms with Crippen LogP contribution in [0.3, 0.4) is 0 Å². The molecular formula is C15H11N7O2. The molecule has 4 aromatic rings. The van der Waals surface area contributed by atoms with Gasteiger partial charge in [0.15, 0.2) is 0 Å². The van der Waals surface area contributed by atoms with Crippen LogP contribution in [0.15, 0.2) is 47.4 Å². The zero-order valence-electron chi connectivity index (χ0n) is 12.3. The van der Waals surface area contributed by atoms with Gasteiger partial charge < -0.3 is 14.8 Å². The average Bonchev–Trinajstić information content (AvgIpc) is 3.27. The highest BCUT2D eigenvalue weighted by atomic mass is 16.5. The minimum Gasteiger partial charge on any atom is -0.341 e. The lowest BCUT2D eigenvalue weighted by atomic mass is 10.3. The topological polar surface area (TPSA) is 122 Å². The van der Waals surface area contributed by atoms with Gasteiger partial charge in [0.2, 0.25) is 5.82 Å². The Kier molecular flexibility index (Phi) is 3.43. The van der Waals surface area contributed by atoms with Crippen LogP contribution in [0.4, 0.5) is 0 Å². The Bertz CT molecular complexity index is 960. The Labute approximate surface area is 135 Å². The Morgan fingerprint density at radius 2 is 2.12 bits per heavy atom. The maximum Gasteiger partial charge on any atom is 0.316 e. The van der Waals surface area contributed by atoms with Crippen LogP contribution < -0.4 is 5.32 Å². The van der Waals surface area contributed by atoms with E-state index in [1.54, 1.807) is 0 Å². The number of carbonyl (C=O) groups excluding carboxylic acids is 1. The molecule has 0 saturated carbocycles. The van der Waals surface area contributed by atoms with E-state index in [0.717, 1.165) is 11.0 Å². The molecule has 0 spiro atoms. The molecule has 4 rings (SSSR count). The largest absolute Gasteiger partial charge is 0.341 e. The standard InChI is InChI=1S/C15H11N7O2/c23-14(15-21-13(22-24-15)11-7-16-5-6-17-11)18-8-12-19-9-3-1-2-4-10(9)20-12/h1-7H,8H2,(H,18,23)(H,19,20). The minimum absolute atomic E-state index is 0.147. The molecule has 0 bridgehead atoms. The molecule has 9 nitrogen and oxygen atoms in total. The molecule has 0 aliphatic rings. The van der Waals surface area contributed by atoms with Gasteiger partial charge in [-0.25, -0.2) is 9.97 Å². The van der Waals surface area contributed by atoms with Crippen LogP contribution in [0.5, 0.6) is 0 Å². The number of rotatable bonds is 4. The van der Waals surface area contributed by atoms with Crippen LogP contribution in [-0.4, -0.2) is 36.0 Å². The summed E-state index contributed by atoms with van der Waals surface area (Å²) in [4.78, 5) is 31.6. The summed E-state index contributed by atoms with van der Waals surface area (Å²) >= 11 is 0. The van der Waals surface area contributed by atoms with Crippen molar-refractivity contribution in [3.63, 3.8) is 0 Å². The highest BCUT2D eigenvalue weighted by Crippen LogP contribution is 2.12. The molecule has 24 heavy (non-hydrogen) atoms.